The topological polar surface area (TPSA) is 60.4 Å². The highest BCUT2D eigenvalue weighted by Crippen LogP contribution is 2.27. The van der Waals surface area contributed by atoms with Crippen molar-refractivity contribution in [3.05, 3.63) is 28.3 Å². The van der Waals surface area contributed by atoms with Crippen molar-refractivity contribution in [1.29, 1.82) is 0 Å². The van der Waals surface area contributed by atoms with Gasteiger partial charge in [-0.15, -0.1) is 0 Å². The zero-order valence-corrected chi connectivity index (χ0v) is 10.6. The number of methoxy groups -OCH3 is 1. The quantitative estimate of drug-likeness (QED) is 0.763. The lowest BCUT2D eigenvalue weighted by Crippen LogP contribution is -2.06. The molecule has 0 fully saturated rings. The summed E-state index contributed by atoms with van der Waals surface area (Å²) < 4.78 is 27.3. The number of esters is 1. The lowest BCUT2D eigenvalue weighted by atomic mass is 10.1. The highest BCUT2D eigenvalue weighted by atomic mass is 35.5. The van der Waals surface area contributed by atoms with Gasteiger partial charge in [-0.3, -0.25) is 0 Å². The molecule has 4 nitrogen and oxygen atoms in total. The Hall–Kier alpha value is -1.07. The van der Waals surface area contributed by atoms with E-state index in [0.29, 0.717) is 5.56 Å². The highest BCUT2D eigenvalue weighted by Gasteiger charge is 2.19. The number of hydrogen-bond acceptors (Lipinski definition) is 4. The number of sulfone groups is 1. The number of carbonyl (C=O) groups is 1. The molecule has 0 bridgehead atoms. The Kier molecular flexibility index (Phi) is 3.60. The average Bonchev–Trinajstić information content (AvgIpc) is 2.19. The van der Waals surface area contributed by atoms with Crippen LogP contribution in [0, 0.1) is 6.92 Å². The molecule has 0 saturated carbocycles. The Morgan fingerprint density at radius 2 is 1.94 bits per heavy atom. The van der Waals surface area contributed by atoms with Gasteiger partial charge in [-0.1, -0.05) is 11.6 Å². The summed E-state index contributed by atoms with van der Waals surface area (Å²) in [4.78, 5) is 11.4. The summed E-state index contributed by atoms with van der Waals surface area (Å²) in [7, 11) is -2.11. The molecule has 0 amide bonds. The maximum absolute atomic E-state index is 11.4. The second kappa shape index (κ2) is 4.43. The van der Waals surface area contributed by atoms with Crippen molar-refractivity contribution in [3.63, 3.8) is 0 Å². The first-order valence-corrected chi connectivity index (χ1v) is 6.63. The van der Waals surface area contributed by atoms with E-state index < -0.39 is 15.8 Å². The Morgan fingerprint density at radius 1 is 1.38 bits per heavy atom. The fraction of sp³-hybridized carbons (Fsp3) is 0.300. The lowest BCUT2D eigenvalue weighted by Gasteiger charge is -2.09. The molecular formula is C10H11ClO4S. The predicted octanol–water partition coefficient (Wildman–Crippen LogP) is 1.84. The van der Waals surface area contributed by atoms with E-state index in [1.807, 2.05) is 0 Å². The summed E-state index contributed by atoms with van der Waals surface area (Å²) in [5.74, 6) is -0.590. The molecule has 0 aromatic heterocycles. The summed E-state index contributed by atoms with van der Waals surface area (Å²) >= 11 is 5.91. The minimum atomic E-state index is -3.34. The third kappa shape index (κ3) is 2.36. The second-order valence-corrected chi connectivity index (χ2v) is 5.68. The van der Waals surface area contributed by atoms with E-state index in [9.17, 15) is 13.2 Å². The molecule has 0 atom stereocenters. The van der Waals surface area contributed by atoms with Gasteiger partial charge in [0.15, 0.2) is 9.84 Å². The van der Waals surface area contributed by atoms with Crippen molar-refractivity contribution in [2.24, 2.45) is 0 Å². The van der Waals surface area contributed by atoms with Crippen LogP contribution in [0.25, 0.3) is 0 Å². The minimum Gasteiger partial charge on any atom is -0.465 e. The average molecular weight is 263 g/mol. The van der Waals surface area contributed by atoms with Crippen LogP contribution in [-0.4, -0.2) is 27.8 Å². The number of ether oxygens (including phenoxy) is 1. The monoisotopic (exact) mass is 262 g/mol. The predicted molar refractivity (Wildman–Crippen MR) is 60.6 cm³/mol. The molecule has 0 aliphatic heterocycles. The summed E-state index contributed by atoms with van der Waals surface area (Å²) in [5, 5.41) is 0.106. The Labute approximate surface area is 99.1 Å². The van der Waals surface area contributed by atoms with Crippen LogP contribution in [-0.2, 0) is 14.6 Å². The van der Waals surface area contributed by atoms with Gasteiger partial charge in [0.25, 0.3) is 0 Å². The van der Waals surface area contributed by atoms with Gasteiger partial charge in [0.1, 0.15) is 0 Å². The summed E-state index contributed by atoms with van der Waals surface area (Å²) in [6.07, 6.45) is 1.09. The van der Waals surface area contributed by atoms with Gasteiger partial charge in [0.05, 0.1) is 22.6 Å². The Balaban J connectivity index is 3.47. The van der Waals surface area contributed by atoms with Crippen LogP contribution >= 0.6 is 11.6 Å². The Morgan fingerprint density at radius 3 is 2.38 bits per heavy atom. The lowest BCUT2D eigenvalue weighted by molar-refractivity contribution is 0.0600. The highest BCUT2D eigenvalue weighted by molar-refractivity contribution is 7.90. The molecule has 0 N–H and O–H groups in total. The van der Waals surface area contributed by atoms with Crippen LogP contribution in [0.4, 0.5) is 0 Å². The van der Waals surface area contributed by atoms with Crippen LogP contribution < -0.4 is 0 Å². The number of benzene rings is 1. The van der Waals surface area contributed by atoms with Crippen LogP contribution in [0.2, 0.25) is 5.02 Å². The maximum Gasteiger partial charge on any atom is 0.339 e. The van der Waals surface area contributed by atoms with E-state index in [0.717, 1.165) is 6.26 Å². The van der Waals surface area contributed by atoms with Gasteiger partial charge in [-0.05, 0) is 24.6 Å². The Bertz CT molecular complexity index is 534. The van der Waals surface area contributed by atoms with Gasteiger partial charge in [-0.2, -0.15) is 0 Å². The zero-order valence-electron chi connectivity index (χ0n) is 9.07. The number of rotatable bonds is 2. The number of halogens is 1. The molecular weight excluding hydrogens is 252 g/mol. The van der Waals surface area contributed by atoms with E-state index in [1.165, 1.54) is 19.2 Å². The molecule has 0 heterocycles. The fourth-order valence-corrected chi connectivity index (χ4v) is 2.61. The second-order valence-electron chi connectivity index (χ2n) is 3.31. The largest absolute Gasteiger partial charge is 0.465 e. The fourth-order valence-electron chi connectivity index (χ4n) is 1.34. The standard InChI is InChI=1S/C10H11ClO4S/c1-6-8(16(3,13)14)5-4-7(9(6)11)10(12)15-2/h4-5H,1-3H3. The first-order valence-electron chi connectivity index (χ1n) is 4.36. The molecule has 0 aliphatic carbocycles. The van der Waals surface area contributed by atoms with Gasteiger partial charge in [0.2, 0.25) is 0 Å². The summed E-state index contributed by atoms with van der Waals surface area (Å²) in [6, 6.07) is 2.69. The molecule has 16 heavy (non-hydrogen) atoms. The van der Waals surface area contributed by atoms with Gasteiger partial charge in [-0.25, -0.2) is 13.2 Å². The van der Waals surface area contributed by atoms with Crippen LogP contribution in [0.5, 0.6) is 0 Å². The number of carbonyl (C=O) groups excluding carboxylic acids is 1. The third-order valence-corrected chi connectivity index (χ3v) is 3.87. The van der Waals surface area contributed by atoms with Crippen molar-refractivity contribution in [1.82, 2.24) is 0 Å². The van der Waals surface area contributed by atoms with Crippen molar-refractivity contribution < 1.29 is 17.9 Å². The molecule has 1 rings (SSSR count). The van der Waals surface area contributed by atoms with Gasteiger partial charge < -0.3 is 4.74 Å². The van der Waals surface area contributed by atoms with E-state index in [1.54, 1.807) is 6.92 Å². The van der Waals surface area contributed by atoms with Gasteiger partial charge >= 0.3 is 5.97 Å². The first-order chi connectivity index (χ1) is 7.29. The molecule has 1 aromatic carbocycles. The molecule has 6 heteroatoms. The molecule has 0 spiro atoms. The molecule has 0 unspecified atom stereocenters. The third-order valence-electron chi connectivity index (χ3n) is 2.14. The van der Waals surface area contributed by atoms with Crippen LogP contribution in [0.1, 0.15) is 15.9 Å². The molecule has 1 aromatic rings. The zero-order chi connectivity index (χ0) is 12.5. The van der Waals surface area contributed by atoms with Crippen LogP contribution in [0.3, 0.4) is 0 Å². The van der Waals surface area contributed by atoms with Crippen molar-refractivity contribution in [3.8, 4) is 0 Å². The normalized spacial score (nSPS) is 11.2. The van der Waals surface area contributed by atoms with E-state index in [-0.39, 0.29) is 15.5 Å². The van der Waals surface area contributed by atoms with E-state index in [2.05, 4.69) is 4.74 Å². The maximum atomic E-state index is 11.4. The summed E-state index contributed by atoms with van der Waals surface area (Å²) in [6.45, 7) is 1.55. The number of hydrogen-bond donors (Lipinski definition) is 0. The SMILES string of the molecule is COC(=O)c1ccc(S(C)(=O)=O)c(C)c1Cl. The first kappa shape index (κ1) is 13.0. The smallest absolute Gasteiger partial charge is 0.339 e. The summed E-state index contributed by atoms with van der Waals surface area (Å²) in [5.41, 5.74) is 0.515. The van der Waals surface area contributed by atoms with Crippen molar-refractivity contribution in [2.45, 2.75) is 11.8 Å². The van der Waals surface area contributed by atoms with Gasteiger partial charge in [0, 0.05) is 6.26 Å². The minimum absolute atomic E-state index is 0.106. The van der Waals surface area contributed by atoms with Crippen molar-refractivity contribution in [2.75, 3.05) is 13.4 Å². The van der Waals surface area contributed by atoms with E-state index >= 15 is 0 Å². The van der Waals surface area contributed by atoms with Crippen molar-refractivity contribution >= 4 is 27.4 Å². The van der Waals surface area contributed by atoms with Crippen LogP contribution in [0.15, 0.2) is 17.0 Å². The molecule has 0 saturated heterocycles. The molecule has 0 radical (unpaired) electrons. The van der Waals surface area contributed by atoms with E-state index in [4.69, 9.17) is 11.6 Å². The molecule has 0 aliphatic rings. The molecule has 88 valence electrons.